The molecule has 0 aliphatic rings. The number of benzene rings is 2. The van der Waals surface area contributed by atoms with Crippen molar-refractivity contribution in [2.24, 2.45) is 0 Å². The summed E-state index contributed by atoms with van der Waals surface area (Å²) in [6, 6.07) is 17.2. The molecule has 0 aliphatic heterocycles. The summed E-state index contributed by atoms with van der Waals surface area (Å²) in [5, 5.41) is 0. The van der Waals surface area contributed by atoms with Crippen molar-refractivity contribution in [2.75, 3.05) is 7.11 Å². The molecule has 0 aliphatic carbocycles. The lowest BCUT2D eigenvalue weighted by Crippen LogP contribution is -2.12. The van der Waals surface area contributed by atoms with Gasteiger partial charge in [0.15, 0.2) is 5.78 Å². The zero-order valence-corrected chi connectivity index (χ0v) is 11.3. The van der Waals surface area contributed by atoms with Gasteiger partial charge in [-0.05, 0) is 24.1 Å². The minimum absolute atomic E-state index is 0.0895. The molecule has 0 radical (unpaired) electrons. The molecular weight excluding hydrogens is 236 g/mol. The Morgan fingerprint density at radius 1 is 1.05 bits per heavy atom. The van der Waals surface area contributed by atoms with Gasteiger partial charge < -0.3 is 4.74 Å². The van der Waals surface area contributed by atoms with E-state index in [1.54, 1.807) is 7.11 Å². The molecule has 0 bridgehead atoms. The zero-order chi connectivity index (χ0) is 13.7. The Balaban J connectivity index is 2.26. The van der Waals surface area contributed by atoms with Crippen molar-refractivity contribution in [3.8, 4) is 5.75 Å². The second-order valence-corrected chi connectivity index (χ2v) is 4.46. The molecule has 2 aromatic rings. The first kappa shape index (κ1) is 13.3. The number of ether oxygens (including phenoxy) is 1. The SMILES string of the molecule is CCC(C(=O)c1ccccc1)c1ccc(OC)cc1. The molecule has 0 amide bonds. The number of hydrogen-bond acceptors (Lipinski definition) is 2. The maximum atomic E-state index is 12.5. The minimum Gasteiger partial charge on any atom is -0.497 e. The van der Waals surface area contributed by atoms with Crippen LogP contribution in [-0.4, -0.2) is 12.9 Å². The molecule has 0 saturated carbocycles. The molecule has 0 spiro atoms. The smallest absolute Gasteiger partial charge is 0.170 e. The molecule has 0 aromatic heterocycles. The van der Waals surface area contributed by atoms with Crippen LogP contribution in [0, 0.1) is 0 Å². The topological polar surface area (TPSA) is 26.3 Å². The van der Waals surface area contributed by atoms with Gasteiger partial charge in [-0.1, -0.05) is 49.4 Å². The number of carbonyl (C=O) groups excluding carboxylic acids is 1. The van der Waals surface area contributed by atoms with E-state index < -0.39 is 0 Å². The van der Waals surface area contributed by atoms with Crippen molar-refractivity contribution in [1.82, 2.24) is 0 Å². The van der Waals surface area contributed by atoms with Gasteiger partial charge in [0.05, 0.1) is 7.11 Å². The highest BCUT2D eigenvalue weighted by Gasteiger charge is 2.19. The Bertz CT molecular complexity index is 529. The molecule has 1 atom stereocenters. The third-order valence-electron chi connectivity index (χ3n) is 3.30. The molecule has 2 heteroatoms. The van der Waals surface area contributed by atoms with Gasteiger partial charge in [-0.3, -0.25) is 4.79 Å². The first-order valence-corrected chi connectivity index (χ1v) is 6.49. The Morgan fingerprint density at radius 3 is 2.21 bits per heavy atom. The summed E-state index contributed by atoms with van der Waals surface area (Å²) in [6.45, 7) is 2.04. The van der Waals surface area contributed by atoms with Crippen LogP contribution in [0.3, 0.4) is 0 Å². The first-order valence-electron chi connectivity index (χ1n) is 6.49. The van der Waals surface area contributed by atoms with Crippen LogP contribution in [0.4, 0.5) is 0 Å². The predicted molar refractivity (Wildman–Crippen MR) is 76.8 cm³/mol. The van der Waals surface area contributed by atoms with E-state index in [2.05, 4.69) is 0 Å². The predicted octanol–water partition coefficient (Wildman–Crippen LogP) is 4.07. The van der Waals surface area contributed by atoms with Crippen LogP contribution in [0.1, 0.15) is 35.2 Å². The van der Waals surface area contributed by atoms with Crippen molar-refractivity contribution in [3.05, 3.63) is 65.7 Å². The molecule has 0 heterocycles. The Hall–Kier alpha value is -2.09. The molecular formula is C17H18O2. The van der Waals surface area contributed by atoms with E-state index in [4.69, 9.17) is 4.74 Å². The van der Waals surface area contributed by atoms with Crippen LogP contribution in [0.2, 0.25) is 0 Å². The van der Waals surface area contributed by atoms with Crippen LogP contribution in [0.25, 0.3) is 0 Å². The number of hydrogen-bond donors (Lipinski definition) is 0. The van der Waals surface area contributed by atoms with Crippen LogP contribution >= 0.6 is 0 Å². The van der Waals surface area contributed by atoms with Crippen molar-refractivity contribution in [3.63, 3.8) is 0 Å². The number of ketones is 1. The fraction of sp³-hybridized carbons (Fsp3) is 0.235. The number of carbonyl (C=O) groups is 1. The lowest BCUT2D eigenvalue weighted by atomic mass is 9.88. The fourth-order valence-electron chi connectivity index (χ4n) is 2.21. The third kappa shape index (κ3) is 3.02. The summed E-state index contributed by atoms with van der Waals surface area (Å²) < 4.78 is 5.14. The molecule has 0 fully saturated rings. The molecule has 0 N–H and O–H groups in total. The third-order valence-corrected chi connectivity index (χ3v) is 3.30. The van der Waals surface area contributed by atoms with Crippen LogP contribution in [0.5, 0.6) is 5.75 Å². The highest BCUT2D eigenvalue weighted by Crippen LogP contribution is 2.25. The molecule has 2 aromatic carbocycles. The summed E-state index contributed by atoms with van der Waals surface area (Å²) in [4.78, 5) is 12.5. The van der Waals surface area contributed by atoms with Gasteiger partial charge in [0.1, 0.15) is 5.75 Å². The van der Waals surface area contributed by atoms with E-state index in [1.807, 2.05) is 61.5 Å². The summed E-state index contributed by atoms with van der Waals surface area (Å²) in [5.74, 6) is 0.896. The lowest BCUT2D eigenvalue weighted by molar-refractivity contribution is 0.0957. The zero-order valence-electron chi connectivity index (χ0n) is 11.3. The normalized spacial score (nSPS) is 11.9. The minimum atomic E-state index is -0.0895. The molecule has 19 heavy (non-hydrogen) atoms. The van der Waals surface area contributed by atoms with E-state index in [-0.39, 0.29) is 11.7 Å². The Morgan fingerprint density at radius 2 is 1.68 bits per heavy atom. The van der Waals surface area contributed by atoms with Gasteiger partial charge in [0, 0.05) is 11.5 Å². The lowest BCUT2D eigenvalue weighted by Gasteiger charge is -2.14. The Kier molecular flexibility index (Phi) is 4.35. The second kappa shape index (κ2) is 6.19. The van der Waals surface area contributed by atoms with Crippen LogP contribution < -0.4 is 4.74 Å². The van der Waals surface area contributed by atoms with Gasteiger partial charge in [-0.15, -0.1) is 0 Å². The van der Waals surface area contributed by atoms with Crippen molar-refractivity contribution < 1.29 is 9.53 Å². The van der Waals surface area contributed by atoms with Crippen LogP contribution in [0.15, 0.2) is 54.6 Å². The molecule has 98 valence electrons. The molecule has 1 unspecified atom stereocenters. The second-order valence-electron chi connectivity index (χ2n) is 4.46. The Labute approximate surface area is 114 Å². The quantitative estimate of drug-likeness (QED) is 0.752. The summed E-state index contributed by atoms with van der Waals surface area (Å²) in [5.41, 5.74) is 1.81. The number of methoxy groups -OCH3 is 1. The average molecular weight is 254 g/mol. The van der Waals surface area contributed by atoms with E-state index in [0.29, 0.717) is 0 Å². The van der Waals surface area contributed by atoms with Crippen molar-refractivity contribution in [2.45, 2.75) is 19.3 Å². The molecule has 2 nitrogen and oxygen atoms in total. The first-order chi connectivity index (χ1) is 9.26. The number of rotatable bonds is 5. The fourth-order valence-corrected chi connectivity index (χ4v) is 2.21. The van der Waals surface area contributed by atoms with Crippen LogP contribution in [-0.2, 0) is 0 Å². The summed E-state index contributed by atoms with van der Waals surface area (Å²) >= 11 is 0. The average Bonchev–Trinajstić information content (AvgIpc) is 2.49. The van der Waals surface area contributed by atoms with Gasteiger partial charge in [-0.2, -0.15) is 0 Å². The highest BCUT2D eigenvalue weighted by molar-refractivity contribution is 6.00. The van der Waals surface area contributed by atoms with E-state index in [0.717, 1.165) is 23.3 Å². The van der Waals surface area contributed by atoms with E-state index >= 15 is 0 Å². The van der Waals surface area contributed by atoms with E-state index in [1.165, 1.54) is 0 Å². The van der Waals surface area contributed by atoms with Gasteiger partial charge in [0.25, 0.3) is 0 Å². The standard InChI is InChI=1S/C17H18O2/c1-3-16(13-9-11-15(19-2)12-10-13)17(18)14-7-5-4-6-8-14/h4-12,16H,3H2,1-2H3. The van der Waals surface area contributed by atoms with E-state index in [9.17, 15) is 4.79 Å². The summed E-state index contributed by atoms with van der Waals surface area (Å²) in [6.07, 6.45) is 0.792. The summed E-state index contributed by atoms with van der Waals surface area (Å²) in [7, 11) is 1.64. The highest BCUT2D eigenvalue weighted by atomic mass is 16.5. The van der Waals surface area contributed by atoms with Gasteiger partial charge >= 0.3 is 0 Å². The van der Waals surface area contributed by atoms with Gasteiger partial charge in [-0.25, -0.2) is 0 Å². The maximum Gasteiger partial charge on any atom is 0.170 e. The van der Waals surface area contributed by atoms with Crippen molar-refractivity contribution in [1.29, 1.82) is 0 Å². The number of Topliss-reactive ketones (excluding diaryl/α,β-unsaturated/α-hetero) is 1. The molecule has 2 rings (SSSR count). The monoisotopic (exact) mass is 254 g/mol. The largest absolute Gasteiger partial charge is 0.497 e. The van der Waals surface area contributed by atoms with Gasteiger partial charge in [0.2, 0.25) is 0 Å². The van der Waals surface area contributed by atoms with Crippen molar-refractivity contribution >= 4 is 5.78 Å². The molecule has 0 saturated heterocycles. The maximum absolute atomic E-state index is 12.5.